The van der Waals surface area contributed by atoms with E-state index in [0.29, 0.717) is 76.1 Å². The molecule has 388 valence electrons. The first-order valence-corrected chi connectivity index (χ1v) is 24.8. The Kier molecular flexibility index (Phi) is 17.7. The van der Waals surface area contributed by atoms with Crippen LogP contribution < -0.4 is 30.4 Å². The molecule has 0 spiro atoms. The molecular weight excluding hydrogens is 1000 g/mol. The van der Waals surface area contributed by atoms with Gasteiger partial charge in [-0.25, -0.2) is 33.4 Å². The number of likely N-dealkylation sites (N-methyl/N-ethyl adjacent to an activating group) is 1. The number of aryl methyl sites for hydroxylation is 2. The number of carboxylic acids is 1. The molecule has 0 fully saturated rings. The molecule has 5 aromatic heterocycles. The summed E-state index contributed by atoms with van der Waals surface area (Å²) in [5.74, 6) is 1.61. The first kappa shape index (κ1) is 54.3. The lowest BCUT2D eigenvalue weighted by molar-refractivity contribution is -0.137. The van der Waals surface area contributed by atoms with Crippen LogP contribution in [0.4, 0.5) is 26.1 Å². The number of nitrogens with zero attached hydrogens (tertiary/aromatic N) is 10. The van der Waals surface area contributed by atoms with Gasteiger partial charge in [0.15, 0.2) is 5.82 Å². The minimum Gasteiger partial charge on any atom is -0.488 e. The second-order valence-electron chi connectivity index (χ2n) is 17.5. The van der Waals surface area contributed by atoms with Crippen LogP contribution in [0.2, 0.25) is 0 Å². The molecule has 5 heterocycles. The van der Waals surface area contributed by atoms with E-state index >= 15 is 0 Å². The third-order valence-corrected chi connectivity index (χ3v) is 12.3. The van der Waals surface area contributed by atoms with Crippen LogP contribution in [-0.4, -0.2) is 76.1 Å². The normalized spacial score (nSPS) is 11.0. The van der Waals surface area contributed by atoms with Gasteiger partial charge in [-0.1, -0.05) is 39.4 Å². The molecule has 0 atom stereocenters. The van der Waals surface area contributed by atoms with Crippen LogP contribution in [0.5, 0.6) is 34.5 Å². The van der Waals surface area contributed by atoms with Crippen molar-refractivity contribution >= 4 is 57.0 Å². The van der Waals surface area contributed by atoms with Crippen molar-refractivity contribution < 1.29 is 37.6 Å². The van der Waals surface area contributed by atoms with E-state index < -0.39 is 17.6 Å². The van der Waals surface area contributed by atoms with E-state index in [0.717, 1.165) is 36.7 Å². The number of hydrogen-bond acceptors (Lipinski definition) is 16. The maximum Gasteiger partial charge on any atom is 0.317 e. The molecule has 75 heavy (non-hydrogen) atoms. The van der Waals surface area contributed by atoms with Gasteiger partial charge in [-0.3, -0.25) is 9.69 Å². The number of anilines is 2. The molecule has 0 saturated carbocycles. The standard InChI is InChI=1S/C25H23FN6O2S.C24H22FN5O2S.C4H9NO2/c1-14(2)22-23-24(25(27)30-13-29-23)32(31-22)17-4-6-18(7-5-17)34-20-9-16(26)8-19(10-20)33-12-21-11-28-15(3)35-21;1-14(2)23-22(26)24(27-4)30(29-23)17-5-7-18(8-6-17)32-20-10-16(25)9-19(11-20)31-13-21-12-28-15(3)33-21;1-5(2)3-4(6)7/h4-11,13-14H,12H2,1-3H3,(H2,27,29,30);5-12,14H,13,26H2,1-3H3;3H2,1-2H3,(H,6,7). The molecule has 0 unspecified atom stereocenters. The van der Waals surface area contributed by atoms with Crippen LogP contribution in [0.3, 0.4) is 0 Å². The van der Waals surface area contributed by atoms with Gasteiger partial charge in [-0.15, -0.1) is 22.7 Å². The second kappa shape index (κ2) is 24.5. The van der Waals surface area contributed by atoms with Crippen molar-refractivity contribution in [3.05, 3.63) is 158 Å². The number of carbonyl (C=O) groups is 1. The van der Waals surface area contributed by atoms with Crippen molar-refractivity contribution in [2.75, 3.05) is 32.1 Å². The van der Waals surface area contributed by atoms with Crippen molar-refractivity contribution in [1.29, 1.82) is 0 Å². The number of rotatable bonds is 16. The Morgan fingerprint density at radius 3 is 1.57 bits per heavy atom. The summed E-state index contributed by atoms with van der Waals surface area (Å²) < 4.78 is 54.7. The molecule has 4 aromatic carbocycles. The summed E-state index contributed by atoms with van der Waals surface area (Å²) in [4.78, 5) is 33.7. The highest BCUT2D eigenvalue weighted by atomic mass is 32.1. The number of aromatic nitrogens is 8. The second-order valence-corrected chi connectivity index (χ2v) is 20.2. The fourth-order valence-electron chi connectivity index (χ4n) is 7.19. The molecule has 0 saturated heterocycles. The van der Waals surface area contributed by atoms with Crippen molar-refractivity contribution in [3.8, 4) is 45.9 Å². The van der Waals surface area contributed by atoms with Crippen molar-refractivity contribution in [1.82, 2.24) is 44.4 Å². The number of nitrogens with two attached hydrogens (primary N) is 2. The summed E-state index contributed by atoms with van der Waals surface area (Å²) >= 11 is 3.07. The Morgan fingerprint density at radius 1 is 0.693 bits per heavy atom. The predicted molar refractivity (Wildman–Crippen MR) is 285 cm³/mol. The van der Waals surface area contributed by atoms with Crippen LogP contribution in [0.25, 0.3) is 27.3 Å². The summed E-state index contributed by atoms with van der Waals surface area (Å²) in [5.41, 5.74) is 17.0. The zero-order valence-corrected chi connectivity index (χ0v) is 43.9. The highest BCUT2D eigenvalue weighted by Gasteiger charge is 2.21. The lowest BCUT2D eigenvalue weighted by Gasteiger charge is -2.10. The van der Waals surface area contributed by atoms with Gasteiger partial charge in [0.25, 0.3) is 5.82 Å². The lowest BCUT2D eigenvalue weighted by Crippen LogP contribution is -2.20. The molecule has 9 aromatic rings. The Bertz CT molecular complexity index is 3440. The zero-order chi connectivity index (χ0) is 53.9. The predicted octanol–water partition coefficient (Wildman–Crippen LogP) is 11.8. The Hall–Kier alpha value is -8.52. The van der Waals surface area contributed by atoms with Gasteiger partial charge in [0, 0.05) is 54.7 Å². The average molecular weight is 1060 g/mol. The number of fused-ring (bicyclic) bond motifs is 1. The largest absolute Gasteiger partial charge is 0.488 e. The van der Waals surface area contributed by atoms with E-state index in [2.05, 4.69) is 43.7 Å². The highest BCUT2D eigenvalue weighted by Crippen LogP contribution is 2.35. The van der Waals surface area contributed by atoms with Crippen molar-refractivity contribution in [2.24, 2.45) is 0 Å². The van der Waals surface area contributed by atoms with Crippen LogP contribution in [0, 0.1) is 32.1 Å². The Labute approximate surface area is 439 Å². The maximum atomic E-state index is 14.2. The van der Waals surface area contributed by atoms with E-state index in [9.17, 15) is 13.6 Å². The number of thiazole rings is 2. The van der Waals surface area contributed by atoms with Gasteiger partial charge in [0.05, 0.1) is 49.1 Å². The lowest BCUT2D eigenvalue weighted by atomic mass is 10.1. The third-order valence-electron chi connectivity index (χ3n) is 10.5. The average Bonchev–Trinajstić information content (AvgIpc) is 4.16. The summed E-state index contributed by atoms with van der Waals surface area (Å²) in [7, 11) is 3.43. The van der Waals surface area contributed by atoms with Gasteiger partial charge in [-0.05, 0) is 82.4 Å². The van der Waals surface area contributed by atoms with Crippen LogP contribution >= 0.6 is 22.7 Å². The number of ether oxygens (including phenoxy) is 4. The van der Waals surface area contributed by atoms with Crippen LogP contribution in [0.1, 0.15) is 70.7 Å². The highest BCUT2D eigenvalue weighted by molar-refractivity contribution is 7.11. The quantitative estimate of drug-likeness (QED) is 0.0766. The zero-order valence-electron chi connectivity index (χ0n) is 42.3. The SMILES string of the molecule is CN(C)CC(=O)O.Cc1ncc(COc2cc(F)cc(Oc3ccc(-n4nc(C(C)C)c5ncnc(N)c54)cc3)c2)s1.[C-]#[N+]c1c(N)c(C(C)C)nn1-c1ccc(Oc2cc(F)cc(OCc3cnc(C)s3)c2)cc1. The minimum absolute atomic E-state index is 0.0962. The molecule has 0 aliphatic heterocycles. The number of nitrogen functional groups attached to an aromatic ring is 2. The number of halogens is 2. The first-order chi connectivity index (χ1) is 35.8. The Morgan fingerprint density at radius 2 is 1.16 bits per heavy atom. The summed E-state index contributed by atoms with van der Waals surface area (Å²) in [5, 5.41) is 19.2. The first-order valence-electron chi connectivity index (χ1n) is 23.2. The minimum atomic E-state index is -0.787. The molecule has 22 heteroatoms. The van der Waals surface area contributed by atoms with E-state index in [4.69, 9.17) is 47.2 Å². The number of benzene rings is 4. The smallest absolute Gasteiger partial charge is 0.317 e. The van der Waals surface area contributed by atoms with Crippen molar-refractivity contribution in [3.63, 3.8) is 0 Å². The number of aliphatic carboxylic acids is 1. The third kappa shape index (κ3) is 14.4. The van der Waals surface area contributed by atoms with E-state index in [1.54, 1.807) is 84.6 Å². The van der Waals surface area contributed by atoms with Crippen LogP contribution in [-0.2, 0) is 18.0 Å². The molecule has 5 N–H and O–H groups in total. The van der Waals surface area contributed by atoms with E-state index in [1.165, 1.54) is 57.9 Å². The number of carboxylic acid groups (broad SMARTS) is 1. The van der Waals surface area contributed by atoms with Crippen LogP contribution in [0.15, 0.2) is 104 Å². The molecule has 0 radical (unpaired) electrons. The summed E-state index contributed by atoms with van der Waals surface area (Å²) in [6, 6.07) is 22.8. The fraction of sp³-hybridized carbons (Fsp3) is 0.245. The van der Waals surface area contributed by atoms with E-state index in [1.807, 2.05) is 39.8 Å². The van der Waals surface area contributed by atoms with E-state index in [-0.39, 0.29) is 24.2 Å². The maximum absolute atomic E-state index is 14.2. The molecule has 9 rings (SSSR count). The van der Waals surface area contributed by atoms with Gasteiger partial charge in [-0.2, -0.15) is 9.78 Å². The molecule has 0 bridgehead atoms. The molecular formula is C53H54F2N12O6S2. The molecule has 0 amide bonds. The molecule has 0 aliphatic carbocycles. The topological polar surface area (TPSA) is 221 Å². The monoisotopic (exact) mass is 1060 g/mol. The summed E-state index contributed by atoms with van der Waals surface area (Å²) in [6.07, 6.45) is 4.95. The van der Waals surface area contributed by atoms with Gasteiger partial charge in [0.1, 0.15) is 82.4 Å². The molecule has 0 aliphatic rings. The molecule has 18 nitrogen and oxygen atoms in total. The summed E-state index contributed by atoms with van der Waals surface area (Å²) in [6.45, 7) is 20.1. The fourth-order valence-corrected chi connectivity index (χ4v) is 8.60. The number of hydrogen-bond donors (Lipinski definition) is 3. The van der Waals surface area contributed by atoms with Gasteiger partial charge < -0.3 is 40.4 Å². The van der Waals surface area contributed by atoms with Crippen molar-refractivity contribution in [2.45, 2.75) is 66.6 Å². The van der Waals surface area contributed by atoms with Gasteiger partial charge in [0.2, 0.25) is 0 Å². The Balaban J connectivity index is 0.000000194. The van der Waals surface area contributed by atoms with Gasteiger partial charge >= 0.3 is 5.97 Å².